The summed E-state index contributed by atoms with van der Waals surface area (Å²) in [4.78, 5) is 19.8. The fourth-order valence-electron chi connectivity index (χ4n) is 3.27. The largest absolute Gasteiger partial charge is 0.363 e. The van der Waals surface area contributed by atoms with Crippen LogP contribution < -0.4 is 10.9 Å². The molecule has 0 aliphatic rings. The normalized spacial score (nSPS) is 12.3. The monoisotopic (exact) mass is 393 g/mol. The topological polar surface area (TPSA) is 75.6 Å². The minimum Gasteiger partial charge on any atom is -0.363 e. The third-order valence-corrected chi connectivity index (χ3v) is 5.21. The highest BCUT2D eigenvalue weighted by Gasteiger charge is 2.13. The van der Waals surface area contributed by atoms with Crippen LogP contribution in [0.1, 0.15) is 24.2 Å². The SMILES string of the molecule is Cc1c(-c2ccnc(NC(C)c3cc4cc(Cl)ccc4[nH]c3=O)c2)cnn1C. The molecular weight excluding hydrogens is 374 g/mol. The minimum atomic E-state index is -0.232. The summed E-state index contributed by atoms with van der Waals surface area (Å²) in [7, 11) is 1.92. The van der Waals surface area contributed by atoms with Gasteiger partial charge in [0.15, 0.2) is 0 Å². The van der Waals surface area contributed by atoms with E-state index in [2.05, 4.69) is 20.4 Å². The van der Waals surface area contributed by atoms with Crippen LogP contribution in [0.15, 0.2) is 53.6 Å². The molecule has 4 rings (SSSR count). The Balaban J connectivity index is 1.65. The number of rotatable bonds is 4. The zero-order chi connectivity index (χ0) is 19.8. The summed E-state index contributed by atoms with van der Waals surface area (Å²) >= 11 is 6.09. The number of H-pyrrole nitrogens is 1. The maximum Gasteiger partial charge on any atom is 0.253 e. The first kappa shape index (κ1) is 18.3. The van der Waals surface area contributed by atoms with Crippen LogP contribution >= 0.6 is 11.6 Å². The van der Waals surface area contributed by atoms with Gasteiger partial charge in [-0.2, -0.15) is 5.10 Å². The molecule has 0 amide bonds. The molecule has 2 N–H and O–H groups in total. The molecule has 0 saturated carbocycles. The summed E-state index contributed by atoms with van der Waals surface area (Å²) in [6.45, 7) is 3.96. The van der Waals surface area contributed by atoms with E-state index in [1.807, 2.05) is 62.1 Å². The van der Waals surface area contributed by atoms with Gasteiger partial charge in [0, 0.05) is 46.0 Å². The highest BCUT2D eigenvalue weighted by molar-refractivity contribution is 6.31. The molecule has 1 aromatic carbocycles. The molecule has 1 unspecified atom stereocenters. The average molecular weight is 394 g/mol. The molecule has 0 fully saturated rings. The van der Waals surface area contributed by atoms with E-state index in [0.29, 0.717) is 16.4 Å². The van der Waals surface area contributed by atoms with Gasteiger partial charge in [-0.05, 0) is 55.8 Å². The lowest BCUT2D eigenvalue weighted by molar-refractivity contribution is 0.740. The number of hydrogen-bond donors (Lipinski definition) is 2. The van der Waals surface area contributed by atoms with Crippen molar-refractivity contribution in [1.82, 2.24) is 19.7 Å². The second-order valence-corrected chi connectivity index (χ2v) is 7.28. The van der Waals surface area contributed by atoms with Crippen molar-refractivity contribution < 1.29 is 0 Å². The molecule has 0 radical (unpaired) electrons. The molecule has 6 nitrogen and oxygen atoms in total. The van der Waals surface area contributed by atoms with Crippen LogP contribution in [0.4, 0.5) is 5.82 Å². The number of hydrogen-bond acceptors (Lipinski definition) is 4. The maximum atomic E-state index is 12.5. The molecule has 28 heavy (non-hydrogen) atoms. The standard InChI is InChI=1S/C21H20ClN5O/c1-12(17-9-15-8-16(22)4-5-19(15)26-21(17)28)25-20-10-14(6-7-23-20)18-11-24-27(3)13(18)2/h4-12H,1-3H3,(H,23,25)(H,26,28). The molecule has 0 aliphatic heterocycles. The third kappa shape index (κ3) is 3.39. The Bertz CT molecular complexity index is 1230. The number of anilines is 1. The van der Waals surface area contributed by atoms with E-state index < -0.39 is 0 Å². The third-order valence-electron chi connectivity index (χ3n) is 4.97. The Hall–Kier alpha value is -3.12. The summed E-state index contributed by atoms with van der Waals surface area (Å²) in [5.74, 6) is 0.693. The molecule has 7 heteroatoms. The van der Waals surface area contributed by atoms with Gasteiger partial charge in [-0.1, -0.05) is 11.6 Å². The minimum absolute atomic E-state index is 0.130. The highest BCUT2D eigenvalue weighted by Crippen LogP contribution is 2.26. The second kappa shape index (κ2) is 7.13. The molecule has 142 valence electrons. The highest BCUT2D eigenvalue weighted by atomic mass is 35.5. The van der Waals surface area contributed by atoms with E-state index >= 15 is 0 Å². The smallest absolute Gasteiger partial charge is 0.253 e. The lowest BCUT2D eigenvalue weighted by atomic mass is 10.1. The number of benzene rings is 1. The Morgan fingerprint density at radius 2 is 2.04 bits per heavy atom. The first-order valence-electron chi connectivity index (χ1n) is 8.96. The molecule has 4 aromatic rings. The van der Waals surface area contributed by atoms with Gasteiger partial charge in [-0.3, -0.25) is 9.48 Å². The van der Waals surface area contributed by atoms with Gasteiger partial charge in [-0.15, -0.1) is 0 Å². The van der Waals surface area contributed by atoms with Crippen molar-refractivity contribution in [1.29, 1.82) is 0 Å². The van der Waals surface area contributed by atoms with Crippen LogP contribution in [0.5, 0.6) is 0 Å². The number of pyridine rings is 2. The van der Waals surface area contributed by atoms with Crippen LogP contribution in [0, 0.1) is 6.92 Å². The molecule has 0 bridgehead atoms. The zero-order valence-corrected chi connectivity index (χ0v) is 16.6. The first-order valence-corrected chi connectivity index (χ1v) is 9.34. The summed E-state index contributed by atoms with van der Waals surface area (Å²) in [5, 5.41) is 9.15. The fourth-order valence-corrected chi connectivity index (χ4v) is 3.46. The number of aromatic nitrogens is 4. The number of fused-ring (bicyclic) bond motifs is 1. The molecule has 0 spiro atoms. The molecular formula is C21H20ClN5O. The lowest BCUT2D eigenvalue weighted by Crippen LogP contribution is -2.19. The van der Waals surface area contributed by atoms with Gasteiger partial charge in [-0.25, -0.2) is 4.98 Å². The van der Waals surface area contributed by atoms with Crippen LogP contribution in [-0.2, 0) is 7.05 Å². The van der Waals surface area contributed by atoms with Crippen LogP contribution in [0.25, 0.3) is 22.0 Å². The number of aryl methyl sites for hydroxylation is 1. The van der Waals surface area contributed by atoms with Gasteiger partial charge in [0.2, 0.25) is 0 Å². The van der Waals surface area contributed by atoms with Crippen molar-refractivity contribution in [3.05, 3.63) is 75.4 Å². The van der Waals surface area contributed by atoms with Crippen molar-refractivity contribution in [2.75, 3.05) is 5.32 Å². The molecule has 1 atom stereocenters. The fraction of sp³-hybridized carbons (Fsp3) is 0.190. The predicted molar refractivity (Wildman–Crippen MR) is 113 cm³/mol. The summed E-state index contributed by atoms with van der Waals surface area (Å²) in [6, 6.07) is 11.0. The Morgan fingerprint density at radius 3 is 2.79 bits per heavy atom. The van der Waals surface area contributed by atoms with Crippen molar-refractivity contribution in [2.45, 2.75) is 19.9 Å². The Morgan fingerprint density at radius 1 is 1.21 bits per heavy atom. The van der Waals surface area contributed by atoms with Gasteiger partial charge >= 0.3 is 0 Å². The Labute approximate surface area is 167 Å². The van der Waals surface area contributed by atoms with E-state index in [9.17, 15) is 4.79 Å². The van der Waals surface area contributed by atoms with Crippen LogP contribution in [-0.4, -0.2) is 19.7 Å². The Kier molecular flexibility index (Phi) is 4.65. The molecule has 3 aromatic heterocycles. The predicted octanol–water partition coefficient (Wildman–Crippen LogP) is 4.46. The van der Waals surface area contributed by atoms with Gasteiger partial charge in [0.05, 0.1) is 12.2 Å². The van der Waals surface area contributed by atoms with Crippen LogP contribution in [0.3, 0.4) is 0 Å². The van der Waals surface area contributed by atoms with E-state index in [0.717, 1.165) is 27.7 Å². The van der Waals surface area contributed by atoms with Crippen molar-refractivity contribution in [2.24, 2.45) is 7.05 Å². The summed E-state index contributed by atoms with van der Waals surface area (Å²) in [5.41, 5.74) is 4.41. The van der Waals surface area contributed by atoms with Crippen molar-refractivity contribution >= 4 is 28.3 Å². The maximum absolute atomic E-state index is 12.5. The number of aromatic amines is 1. The zero-order valence-electron chi connectivity index (χ0n) is 15.8. The molecule has 3 heterocycles. The lowest BCUT2D eigenvalue weighted by Gasteiger charge is -2.15. The van der Waals surface area contributed by atoms with Gasteiger partial charge in [0.25, 0.3) is 5.56 Å². The van der Waals surface area contributed by atoms with Gasteiger partial charge in [0.1, 0.15) is 5.82 Å². The van der Waals surface area contributed by atoms with Gasteiger partial charge < -0.3 is 10.3 Å². The second-order valence-electron chi connectivity index (χ2n) is 6.85. The van der Waals surface area contributed by atoms with Crippen molar-refractivity contribution in [3.63, 3.8) is 0 Å². The van der Waals surface area contributed by atoms with Crippen LogP contribution in [0.2, 0.25) is 5.02 Å². The summed E-state index contributed by atoms with van der Waals surface area (Å²) < 4.78 is 1.84. The summed E-state index contributed by atoms with van der Waals surface area (Å²) in [6.07, 6.45) is 3.59. The average Bonchev–Trinajstić information content (AvgIpc) is 3.00. The first-order chi connectivity index (χ1) is 13.4. The molecule has 0 aliphatic carbocycles. The quantitative estimate of drug-likeness (QED) is 0.536. The van der Waals surface area contributed by atoms with E-state index in [1.54, 1.807) is 12.3 Å². The van der Waals surface area contributed by atoms with E-state index in [-0.39, 0.29) is 11.6 Å². The number of nitrogens with one attached hydrogen (secondary N) is 2. The van der Waals surface area contributed by atoms with E-state index in [1.165, 1.54) is 0 Å². The number of nitrogens with zero attached hydrogens (tertiary/aromatic N) is 3. The van der Waals surface area contributed by atoms with Crippen molar-refractivity contribution in [3.8, 4) is 11.1 Å². The van der Waals surface area contributed by atoms with E-state index in [4.69, 9.17) is 11.6 Å². The number of halogens is 1. The molecule has 0 saturated heterocycles.